The highest BCUT2D eigenvalue weighted by Crippen LogP contribution is 2.52. The van der Waals surface area contributed by atoms with Crippen LogP contribution in [0.3, 0.4) is 0 Å². The molecule has 0 amide bonds. The van der Waals surface area contributed by atoms with Gasteiger partial charge in [-0.25, -0.2) is 18.2 Å². The van der Waals surface area contributed by atoms with Gasteiger partial charge in [-0.2, -0.15) is 0 Å². The van der Waals surface area contributed by atoms with Gasteiger partial charge in [0.25, 0.3) is 0 Å². The fourth-order valence-corrected chi connectivity index (χ4v) is 4.42. The number of halogens is 3. The molecule has 3 heterocycles. The first-order chi connectivity index (χ1) is 13.3. The summed E-state index contributed by atoms with van der Waals surface area (Å²) in [7, 11) is 0. The third-order valence-electron chi connectivity index (χ3n) is 6.18. The summed E-state index contributed by atoms with van der Waals surface area (Å²) in [6, 6.07) is 4.37. The molecule has 1 aromatic carbocycles. The van der Waals surface area contributed by atoms with E-state index in [4.69, 9.17) is 0 Å². The lowest BCUT2D eigenvalue weighted by atomic mass is 10.2. The minimum atomic E-state index is -0.784. The van der Waals surface area contributed by atoms with E-state index in [1.165, 1.54) is 22.9 Å². The molecule has 144 valence electrons. The highest BCUT2D eigenvalue weighted by Gasteiger charge is 2.53. The van der Waals surface area contributed by atoms with Gasteiger partial charge in [0, 0.05) is 30.9 Å². The van der Waals surface area contributed by atoms with Crippen molar-refractivity contribution < 1.29 is 13.2 Å². The molecule has 1 aliphatic carbocycles. The summed E-state index contributed by atoms with van der Waals surface area (Å²) >= 11 is 0. The van der Waals surface area contributed by atoms with E-state index < -0.39 is 17.5 Å². The molecule has 1 saturated carbocycles. The van der Waals surface area contributed by atoms with E-state index in [1.54, 1.807) is 6.92 Å². The Morgan fingerprint density at radius 3 is 2.46 bits per heavy atom. The molecule has 4 nitrogen and oxygen atoms in total. The second-order valence-corrected chi connectivity index (χ2v) is 7.86. The summed E-state index contributed by atoms with van der Waals surface area (Å²) in [4.78, 5) is 18.9. The smallest absolute Gasteiger partial charge is 0.194 e. The number of benzene rings is 1. The minimum Gasteiger partial charge on any atom is -0.354 e. The summed E-state index contributed by atoms with van der Waals surface area (Å²) in [6.07, 6.45) is 1.46. The molecule has 5 rings (SSSR count). The predicted octanol–water partition coefficient (Wildman–Crippen LogP) is 3.81. The average Bonchev–Trinajstić information content (AvgIpc) is 3.04. The molecule has 2 aliphatic rings. The SMILES string of the molecule is Cc1cn(-c2ccc(F)cc2F)c2nc(N3C[C@@H]4C(C)[C@@H]4C3)c(F)cc2c1=O. The molecule has 0 bridgehead atoms. The fraction of sp³-hybridized carbons (Fsp3) is 0.333. The average molecular weight is 385 g/mol. The molecular weight excluding hydrogens is 367 g/mol. The van der Waals surface area contributed by atoms with Crippen LogP contribution in [0.5, 0.6) is 0 Å². The summed E-state index contributed by atoms with van der Waals surface area (Å²) in [5, 5.41) is 0.0719. The molecule has 0 spiro atoms. The van der Waals surface area contributed by atoms with E-state index in [0.29, 0.717) is 23.3 Å². The minimum absolute atomic E-state index is 0.0532. The van der Waals surface area contributed by atoms with Crippen molar-refractivity contribution in [2.75, 3.05) is 18.0 Å². The Balaban J connectivity index is 1.73. The van der Waals surface area contributed by atoms with Gasteiger partial charge >= 0.3 is 0 Å². The second kappa shape index (κ2) is 5.83. The third-order valence-corrected chi connectivity index (χ3v) is 6.18. The quantitative estimate of drug-likeness (QED) is 0.673. The highest BCUT2D eigenvalue weighted by atomic mass is 19.1. The molecule has 28 heavy (non-hydrogen) atoms. The Hall–Kier alpha value is -2.83. The number of pyridine rings is 2. The molecule has 2 fully saturated rings. The Morgan fingerprint density at radius 1 is 1.07 bits per heavy atom. The zero-order valence-corrected chi connectivity index (χ0v) is 15.4. The lowest BCUT2D eigenvalue weighted by Gasteiger charge is -2.22. The number of nitrogens with zero attached hydrogens (tertiary/aromatic N) is 3. The van der Waals surface area contributed by atoms with Crippen LogP contribution in [0.15, 0.2) is 35.3 Å². The molecule has 1 aliphatic heterocycles. The molecule has 1 saturated heterocycles. The van der Waals surface area contributed by atoms with E-state index >= 15 is 0 Å². The molecule has 3 atom stereocenters. The van der Waals surface area contributed by atoms with E-state index in [0.717, 1.165) is 25.2 Å². The number of anilines is 1. The predicted molar refractivity (Wildman–Crippen MR) is 100 cm³/mol. The van der Waals surface area contributed by atoms with Gasteiger partial charge in [-0.3, -0.25) is 9.36 Å². The highest BCUT2D eigenvalue weighted by molar-refractivity contribution is 5.80. The molecular formula is C21H18F3N3O. The largest absolute Gasteiger partial charge is 0.354 e. The number of aryl methyl sites for hydroxylation is 1. The molecule has 2 aromatic heterocycles. The van der Waals surface area contributed by atoms with E-state index in [2.05, 4.69) is 11.9 Å². The zero-order valence-electron chi connectivity index (χ0n) is 15.4. The van der Waals surface area contributed by atoms with Crippen molar-refractivity contribution in [2.24, 2.45) is 17.8 Å². The number of hydrogen-bond acceptors (Lipinski definition) is 3. The van der Waals surface area contributed by atoms with Crippen LogP contribution in [0.4, 0.5) is 19.0 Å². The van der Waals surface area contributed by atoms with Gasteiger partial charge in [0.05, 0.1) is 11.1 Å². The van der Waals surface area contributed by atoms with Crippen LogP contribution >= 0.6 is 0 Å². The van der Waals surface area contributed by atoms with E-state index in [1.807, 2.05) is 4.90 Å². The molecule has 0 N–H and O–H groups in total. The molecule has 7 heteroatoms. The topological polar surface area (TPSA) is 38.1 Å². The maximum atomic E-state index is 14.8. The van der Waals surface area contributed by atoms with Crippen molar-refractivity contribution in [1.82, 2.24) is 9.55 Å². The Bertz CT molecular complexity index is 1180. The summed E-state index contributed by atoms with van der Waals surface area (Å²) < 4.78 is 44.0. The number of rotatable bonds is 2. The third kappa shape index (κ3) is 2.45. The van der Waals surface area contributed by atoms with Crippen molar-refractivity contribution in [3.05, 3.63) is 63.7 Å². The van der Waals surface area contributed by atoms with Gasteiger partial charge in [0.2, 0.25) is 0 Å². The molecule has 0 radical (unpaired) electrons. The van der Waals surface area contributed by atoms with Gasteiger partial charge in [-0.05, 0) is 42.9 Å². The standard InChI is InChI=1S/C21H18F3N3O/c1-10-7-27(18-4-3-12(22)5-16(18)23)20-13(19(10)28)6-17(24)21(25-20)26-8-14-11(2)15(14)9-26/h3-7,11,14-15H,8-9H2,1-2H3/t11?,14-,15+. The van der Waals surface area contributed by atoms with Crippen LogP contribution in [-0.4, -0.2) is 22.6 Å². The lowest BCUT2D eigenvalue weighted by Crippen LogP contribution is -2.26. The van der Waals surface area contributed by atoms with Crippen molar-refractivity contribution in [3.8, 4) is 5.69 Å². The van der Waals surface area contributed by atoms with Crippen molar-refractivity contribution in [3.63, 3.8) is 0 Å². The summed E-state index contributed by atoms with van der Waals surface area (Å²) in [5.74, 6) is -0.129. The van der Waals surface area contributed by atoms with Crippen LogP contribution in [0.1, 0.15) is 12.5 Å². The normalized spacial score (nSPS) is 23.3. The van der Waals surface area contributed by atoms with Crippen molar-refractivity contribution in [2.45, 2.75) is 13.8 Å². The Kier molecular flexibility index (Phi) is 3.60. The van der Waals surface area contributed by atoms with Crippen LogP contribution in [0.25, 0.3) is 16.7 Å². The first-order valence-corrected chi connectivity index (χ1v) is 9.28. The number of aromatic nitrogens is 2. The van der Waals surface area contributed by atoms with Crippen LogP contribution in [0.2, 0.25) is 0 Å². The molecule has 1 unspecified atom stereocenters. The summed E-state index contributed by atoms with van der Waals surface area (Å²) in [5.41, 5.74) is 0.176. The van der Waals surface area contributed by atoms with E-state index in [9.17, 15) is 18.0 Å². The van der Waals surface area contributed by atoms with Crippen molar-refractivity contribution >= 4 is 16.9 Å². The lowest BCUT2D eigenvalue weighted by molar-refractivity contribution is 0.578. The van der Waals surface area contributed by atoms with Crippen molar-refractivity contribution in [1.29, 1.82) is 0 Å². The van der Waals surface area contributed by atoms with Crippen LogP contribution in [-0.2, 0) is 0 Å². The zero-order chi connectivity index (χ0) is 19.7. The first-order valence-electron chi connectivity index (χ1n) is 9.28. The number of hydrogen-bond donors (Lipinski definition) is 0. The van der Waals surface area contributed by atoms with E-state index in [-0.39, 0.29) is 28.0 Å². The van der Waals surface area contributed by atoms with Crippen LogP contribution in [0, 0.1) is 42.1 Å². The monoisotopic (exact) mass is 385 g/mol. The summed E-state index contributed by atoms with van der Waals surface area (Å²) in [6.45, 7) is 5.21. The fourth-order valence-electron chi connectivity index (χ4n) is 4.42. The number of fused-ring (bicyclic) bond motifs is 2. The maximum Gasteiger partial charge on any atom is 0.194 e. The molecule has 3 aromatic rings. The van der Waals surface area contributed by atoms with Gasteiger partial charge < -0.3 is 4.90 Å². The van der Waals surface area contributed by atoms with Gasteiger partial charge in [0.1, 0.15) is 11.6 Å². The van der Waals surface area contributed by atoms with Gasteiger partial charge in [0.15, 0.2) is 22.7 Å². The van der Waals surface area contributed by atoms with Crippen LogP contribution < -0.4 is 10.3 Å². The van der Waals surface area contributed by atoms with Gasteiger partial charge in [-0.1, -0.05) is 6.92 Å². The number of piperidine rings is 1. The Labute approximate surface area is 159 Å². The Morgan fingerprint density at radius 2 is 1.79 bits per heavy atom. The maximum absolute atomic E-state index is 14.8. The first kappa shape index (κ1) is 17.3. The van der Waals surface area contributed by atoms with Gasteiger partial charge in [-0.15, -0.1) is 0 Å². The second-order valence-electron chi connectivity index (χ2n) is 7.86.